The molecule has 0 amide bonds. The number of aromatic nitrogens is 2. The van der Waals surface area contributed by atoms with Crippen molar-refractivity contribution in [1.29, 1.82) is 0 Å². The predicted molar refractivity (Wildman–Crippen MR) is 67.2 cm³/mol. The molecular formula is C12H20N4O. The van der Waals surface area contributed by atoms with Crippen LogP contribution in [0.25, 0.3) is 0 Å². The minimum absolute atomic E-state index is 0.327. The van der Waals surface area contributed by atoms with Crippen LogP contribution < -0.4 is 15.8 Å². The Morgan fingerprint density at radius 2 is 2.24 bits per heavy atom. The zero-order chi connectivity index (χ0) is 12.3. The van der Waals surface area contributed by atoms with Crippen molar-refractivity contribution in [2.45, 2.75) is 45.2 Å². The van der Waals surface area contributed by atoms with Crippen LogP contribution in [0.15, 0.2) is 6.07 Å². The second kappa shape index (κ2) is 5.31. The summed E-state index contributed by atoms with van der Waals surface area (Å²) in [6, 6.07) is 2.59. The van der Waals surface area contributed by atoms with Gasteiger partial charge in [0.15, 0.2) is 0 Å². The van der Waals surface area contributed by atoms with Gasteiger partial charge < -0.3 is 15.8 Å². The normalized spacial score (nSPS) is 23.0. The van der Waals surface area contributed by atoms with Gasteiger partial charge in [-0.15, -0.1) is 0 Å². The maximum absolute atomic E-state index is 5.74. The third kappa shape index (κ3) is 3.30. The van der Waals surface area contributed by atoms with Gasteiger partial charge in [0.25, 0.3) is 0 Å². The standard InChI is InChI=1S/C12H20N4O/c1-3-4-17-11-5-8(2)14-12(16-11)15-10-6-9(13)7-10/h5,9-10H,3-4,6-7,13H2,1-2H3,(H,14,15,16). The molecule has 3 N–H and O–H groups in total. The van der Waals surface area contributed by atoms with Crippen molar-refractivity contribution >= 4 is 5.95 Å². The first kappa shape index (κ1) is 12.1. The SMILES string of the molecule is CCCOc1cc(C)nc(NC2CC(N)C2)n1. The molecule has 0 atom stereocenters. The Morgan fingerprint density at radius 3 is 2.88 bits per heavy atom. The molecule has 1 aliphatic carbocycles. The van der Waals surface area contributed by atoms with Crippen LogP contribution in [0.4, 0.5) is 5.95 Å². The highest BCUT2D eigenvalue weighted by Crippen LogP contribution is 2.22. The van der Waals surface area contributed by atoms with E-state index < -0.39 is 0 Å². The van der Waals surface area contributed by atoms with Crippen molar-refractivity contribution in [2.24, 2.45) is 5.73 Å². The van der Waals surface area contributed by atoms with E-state index >= 15 is 0 Å². The molecule has 5 heteroatoms. The smallest absolute Gasteiger partial charge is 0.226 e. The van der Waals surface area contributed by atoms with Crippen LogP contribution in [0.5, 0.6) is 5.88 Å². The van der Waals surface area contributed by atoms with E-state index in [0.29, 0.717) is 30.5 Å². The minimum atomic E-state index is 0.327. The molecule has 0 unspecified atom stereocenters. The molecule has 5 nitrogen and oxygen atoms in total. The summed E-state index contributed by atoms with van der Waals surface area (Å²) in [7, 11) is 0. The van der Waals surface area contributed by atoms with Crippen LogP contribution in [-0.2, 0) is 0 Å². The van der Waals surface area contributed by atoms with E-state index in [1.54, 1.807) is 0 Å². The van der Waals surface area contributed by atoms with Crippen LogP contribution in [0.1, 0.15) is 31.9 Å². The summed E-state index contributed by atoms with van der Waals surface area (Å²) >= 11 is 0. The van der Waals surface area contributed by atoms with E-state index in [1.807, 2.05) is 13.0 Å². The first-order chi connectivity index (χ1) is 8.17. The molecule has 1 aromatic heterocycles. The summed E-state index contributed by atoms with van der Waals surface area (Å²) < 4.78 is 5.52. The molecular weight excluding hydrogens is 216 g/mol. The fraction of sp³-hybridized carbons (Fsp3) is 0.667. The van der Waals surface area contributed by atoms with Gasteiger partial charge in [-0.3, -0.25) is 0 Å². The molecule has 1 aromatic rings. The largest absolute Gasteiger partial charge is 0.478 e. The Hall–Kier alpha value is -1.36. The van der Waals surface area contributed by atoms with Crippen LogP contribution in [0.3, 0.4) is 0 Å². The van der Waals surface area contributed by atoms with Gasteiger partial charge in [0.1, 0.15) is 0 Å². The third-order valence-electron chi connectivity index (χ3n) is 2.79. The lowest BCUT2D eigenvalue weighted by Crippen LogP contribution is -2.44. The monoisotopic (exact) mass is 236 g/mol. The summed E-state index contributed by atoms with van der Waals surface area (Å²) in [4.78, 5) is 8.68. The molecule has 0 bridgehead atoms. The highest BCUT2D eigenvalue weighted by molar-refractivity contribution is 5.32. The van der Waals surface area contributed by atoms with Gasteiger partial charge in [-0.1, -0.05) is 6.92 Å². The third-order valence-corrected chi connectivity index (χ3v) is 2.79. The number of hydrogen-bond donors (Lipinski definition) is 2. The molecule has 94 valence electrons. The molecule has 2 rings (SSSR count). The Kier molecular flexibility index (Phi) is 3.78. The molecule has 1 heterocycles. The van der Waals surface area contributed by atoms with Gasteiger partial charge in [-0.2, -0.15) is 4.98 Å². The van der Waals surface area contributed by atoms with Gasteiger partial charge in [0.2, 0.25) is 11.8 Å². The number of nitrogens with two attached hydrogens (primary N) is 1. The number of nitrogens with zero attached hydrogens (tertiary/aromatic N) is 2. The molecule has 1 saturated carbocycles. The molecule has 0 radical (unpaired) electrons. The first-order valence-corrected chi connectivity index (χ1v) is 6.18. The van der Waals surface area contributed by atoms with Gasteiger partial charge in [0, 0.05) is 23.8 Å². The second-order valence-electron chi connectivity index (χ2n) is 4.59. The van der Waals surface area contributed by atoms with Crippen molar-refractivity contribution in [3.8, 4) is 5.88 Å². The van der Waals surface area contributed by atoms with Crippen molar-refractivity contribution in [3.05, 3.63) is 11.8 Å². The second-order valence-corrected chi connectivity index (χ2v) is 4.59. The Bertz CT molecular complexity index is 377. The van der Waals surface area contributed by atoms with Crippen molar-refractivity contribution in [3.63, 3.8) is 0 Å². The average Bonchev–Trinajstić information content (AvgIpc) is 2.23. The van der Waals surface area contributed by atoms with E-state index in [-0.39, 0.29) is 0 Å². The Morgan fingerprint density at radius 1 is 1.47 bits per heavy atom. The summed E-state index contributed by atoms with van der Waals surface area (Å²) in [6.07, 6.45) is 2.95. The highest BCUT2D eigenvalue weighted by atomic mass is 16.5. The molecule has 17 heavy (non-hydrogen) atoms. The zero-order valence-corrected chi connectivity index (χ0v) is 10.4. The molecule has 0 spiro atoms. The number of rotatable bonds is 5. The van der Waals surface area contributed by atoms with Crippen LogP contribution in [0, 0.1) is 6.92 Å². The maximum atomic E-state index is 5.74. The zero-order valence-electron chi connectivity index (χ0n) is 10.4. The summed E-state index contributed by atoms with van der Waals surface area (Å²) in [5, 5.41) is 3.28. The number of anilines is 1. The number of nitrogens with one attached hydrogen (secondary N) is 1. The molecule has 1 fully saturated rings. The summed E-state index contributed by atoms with van der Waals surface area (Å²) in [5.41, 5.74) is 6.66. The van der Waals surface area contributed by atoms with Crippen LogP contribution in [-0.4, -0.2) is 28.7 Å². The number of ether oxygens (including phenoxy) is 1. The predicted octanol–water partition coefficient (Wildman–Crippen LogP) is 1.48. The number of hydrogen-bond acceptors (Lipinski definition) is 5. The lowest BCUT2D eigenvalue weighted by Gasteiger charge is -2.32. The van der Waals surface area contributed by atoms with E-state index in [0.717, 1.165) is 25.0 Å². The Balaban J connectivity index is 1.98. The van der Waals surface area contributed by atoms with Gasteiger partial charge in [-0.05, 0) is 26.2 Å². The van der Waals surface area contributed by atoms with Crippen molar-refractivity contribution < 1.29 is 4.74 Å². The Labute approximate surface area is 102 Å². The van der Waals surface area contributed by atoms with E-state index in [4.69, 9.17) is 10.5 Å². The summed E-state index contributed by atoms with van der Waals surface area (Å²) in [6.45, 7) is 4.70. The van der Waals surface area contributed by atoms with Crippen LogP contribution in [0.2, 0.25) is 0 Å². The van der Waals surface area contributed by atoms with Crippen molar-refractivity contribution in [2.75, 3.05) is 11.9 Å². The minimum Gasteiger partial charge on any atom is -0.478 e. The van der Waals surface area contributed by atoms with E-state index in [9.17, 15) is 0 Å². The number of aryl methyl sites for hydroxylation is 1. The van der Waals surface area contributed by atoms with E-state index in [1.165, 1.54) is 0 Å². The lowest BCUT2D eigenvalue weighted by atomic mass is 9.88. The first-order valence-electron chi connectivity index (χ1n) is 6.18. The van der Waals surface area contributed by atoms with Crippen LogP contribution >= 0.6 is 0 Å². The van der Waals surface area contributed by atoms with Gasteiger partial charge >= 0.3 is 0 Å². The van der Waals surface area contributed by atoms with Gasteiger partial charge in [0.05, 0.1) is 6.61 Å². The fourth-order valence-electron chi connectivity index (χ4n) is 1.85. The molecule has 0 saturated heterocycles. The highest BCUT2D eigenvalue weighted by Gasteiger charge is 2.26. The van der Waals surface area contributed by atoms with E-state index in [2.05, 4.69) is 22.2 Å². The lowest BCUT2D eigenvalue weighted by molar-refractivity contribution is 0.304. The topological polar surface area (TPSA) is 73.1 Å². The average molecular weight is 236 g/mol. The van der Waals surface area contributed by atoms with Crippen molar-refractivity contribution in [1.82, 2.24) is 9.97 Å². The quantitative estimate of drug-likeness (QED) is 0.810. The molecule has 0 aromatic carbocycles. The fourth-order valence-corrected chi connectivity index (χ4v) is 1.85. The molecule has 1 aliphatic rings. The molecule has 0 aliphatic heterocycles. The van der Waals surface area contributed by atoms with Gasteiger partial charge in [-0.25, -0.2) is 4.98 Å². The maximum Gasteiger partial charge on any atom is 0.226 e. The summed E-state index contributed by atoms with van der Waals surface area (Å²) in [5.74, 6) is 1.29.